The highest BCUT2D eigenvalue weighted by atomic mass is 32.1. The molecule has 1 aliphatic carbocycles. The first-order chi connectivity index (χ1) is 8.77. The van der Waals surface area contributed by atoms with Crippen LogP contribution in [-0.2, 0) is 4.74 Å². The standard InChI is InChI=1S/C14H19NO2S/c16-14(12-7-3-4-8-13(12)18)15-9-10-17-11-5-1-2-6-11/h3-4,7-8,11,18H,1-2,5-6,9-10H2,(H,15,16). The Morgan fingerprint density at radius 3 is 2.78 bits per heavy atom. The molecule has 18 heavy (non-hydrogen) atoms. The number of nitrogens with one attached hydrogen (secondary N) is 1. The van der Waals surface area contributed by atoms with Crippen LogP contribution in [0.25, 0.3) is 0 Å². The lowest BCUT2D eigenvalue weighted by atomic mass is 10.2. The molecule has 0 bridgehead atoms. The maximum Gasteiger partial charge on any atom is 0.252 e. The van der Waals surface area contributed by atoms with Crippen molar-refractivity contribution < 1.29 is 9.53 Å². The summed E-state index contributed by atoms with van der Waals surface area (Å²) in [4.78, 5) is 12.5. The monoisotopic (exact) mass is 265 g/mol. The van der Waals surface area contributed by atoms with E-state index in [4.69, 9.17) is 4.74 Å². The number of carbonyl (C=O) groups excluding carboxylic acids is 1. The summed E-state index contributed by atoms with van der Waals surface area (Å²) < 4.78 is 5.69. The van der Waals surface area contributed by atoms with Gasteiger partial charge in [-0.2, -0.15) is 0 Å². The smallest absolute Gasteiger partial charge is 0.252 e. The van der Waals surface area contributed by atoms with Crippen LogP contribution in [-0.4, -0.2) is 25.2 Å². The van der Waals surface area contributed by atoms with Crippen LogP contribution < -0.4 is 5.32 Å². The number of ether oxygens (including phenoxy) is 1. The Kier molecular flexibility index (Phi) is 5.08. The molecule has 1 aliphatic rings. The van der Waals surface area contributed by atoms with Crippen molar-refractivity contribution in [1.82, 2.24) is 5.32 Å². The van der Waals surface area contributed by atoms with Gasteiger partial charge in [0, 0.05) is 11.4 Å². The second-order valence-corrected chi connectivity index (χ2v) is 5.03. The average molecular weight is 265 g/mol. The molecule has 0 atom stereocenters. The van der Waals surface area contributed by atoms with Crippen LogP contribution in [0, 0.1) is 0 Å². The zero-order valence-electron chi connectivity index (χ0n) is 10.4. The first-order valence-corrected chi connectivity index (χ1v) is 6.90. The van der Waals surface area contributed by atoms with Crippen molar-refractivity contribution in [2.24, 2.45) is 0 Å². The Hall–Kier alpha value is -1.00. The first kappa shape index (κ1) is 13.4. The molecule has 0 aliphatic heterocycles. The number of rotatable bonds is 5. The molecule has 1 aromatic carbocycles. The molecular formula is C14H19NO2S. The molecule has 1 saturated carbocycles. The number of thiol groups is 1. The van der Waals surface area contributed by atoms with Gasteiger partial charge in [-0.1, -0.05) is 25.0 Å². The van der Waals surface area contributed by atoms with E-state index in [1.807, 2.05) is 18.2 Å². The molecule has 0 radical (unpaired) electrons. The van der Waals surface area contributed by atoms with E-state index in [0.29, 0.717) is 29.7 Å². The second kappa shape index (κ2) is 6.81. The van der Waals surface area contributed by atoms with Crippen LogP contribution in [0.15, 0.2) is 29.2 Å². The predicted molar refractivity (Wildman–Crippen MR) is 74.2 cm³/mol. The third kappa shape index (κ3) is 3.75. The van der Waals surface area contributed by atoms with Crippen molar-refractivity contribution in [3.8, 4) is 0 Å². The fourth-order valence-corrected chi connectivity index (χ4v) is 2.47. The van der Waals surface area contributed by atoms with Gasteiger partial charge in [-0.15, -0.1) is 12.6 Å². The molecule has 0 unspecified atom stereocenters. The van der Waals surface area contributed by atoms with Gasteiger partial charge in [0.2, 0.25) is 0 Å². The number of hydrogen-bond acceptors (Lipinski definition) is 3. The molecule has 98 valence electrons. The molecule has 0 aromatic heterocycles. The highest BCUT2D eigenvalue weighted by molar-refractivity contribution is 7.80. The lowest BCUT2D eigenvalue weighted by molar-refractivity contribution is 0.0581. The number of carbonyl (C=O) groups is 1. The van der Waals surface area contributed by atoms with Crippen LogP contribution in [0.3, 0.4) is 0 Å². The third-order valence-corrected chi connectivity index (χ3v) is 3.58. The van der Waals surface area contributed by atoms with E-state index in [2.05, 4.69) is 17.9 Å². The number of benzene rings is 1. The minimum atomic E-state index is -0.0874. The summed E-state index contributed by atoms with van der Waals surface area (Å²) in [6.07, 6.45) is 5.26. The molecule has 1 fully saturated rings. The van der Waals surface area contributed by atoms with Gasteiger partial charge >= 0.3 is 0 Å². The normalized spacial score (nSPS) is 15.8. The quantitative estimate of drug-likeness (QED) is 0.634. The van der Waals surface area contributed by atoms with Gasteiger partial charge in [-0.3, -0.25) is 4.79 Å². The molecule has 1 amide bonds. The van der Waals surface area contributed by atoms with Gasteiger partial charge in [0.1, 0.15) is 0 Å². The zero-order valence-corrected chi connectivity index (χ0v) is 11.3. The minimum absolute atomic E-state index is 0.0874. The van der Waals surface area contributed by atoms with Crippen LogP contribution in [0.1, 0.15) is 36.0 Å². The molecule has 4 heteroatoms. The zero-order chi connectivity index (χ0) is 12.8. The fraction of sp³-hybridized carbons (Fsp3) is 0.500. The molecule has 1 aromatic rings. The van der Waals surface area contributed by atoms with Gasteiger partial charge < -0.3 is 10.1 Å². The molecule has 0 saturated heterocycles. The average Bonchev–Trinajstić information content (AvgIpc) is 2.88. The highest BCUT2D eigenvalue weighted by Crippen LogP contribution is 2.20. The lowest BCUT2D eigenvalue weighted by Crippen LogP contribution is -2.28. The van der Waals surface area contributed by atoms with Gasteiger partial charge in [-0.25, -0.2) is 0 Å². The van der Waals surface area contributed by atoms with Crippen molar-refractivity contribution in [2.45, 2.75) is 36.7 Å². The van der Waals surface area contributed by atoms with Gasteiger partial charge in [0.15, 0.2) is 0 Å². The van der Waals surface area contributed by atoms with Crippen molar-refractivity contribution in [3.63, 3.8) is 0 Å². The van der Waals surface area contributed by atoms with Crippen LogP contribution in [0.5, 0.6) is 0 Å². The lowest BCUT2D eigenvalue weighted by Gasteiger charge is -2.11. The highest BCUT2D eigenvalue weighted by Gasteiger charge is 2.15. The molecule has 0 heterocycles. The van der Waals surface area contributed by atoms with E-state index < -0.39 is 0 Å². The van der Waals surface area contributed by atoms with Crippen LogP contribution >= 0.6 is 12.6 Å². The summed E-state index contributed by atoms with van der Waals surface area (Å²) in [5, 5.41) is 2.85. The Morgan fingerprint density at radius 2 is 2.06 bits per heavy atom. The molecule has 2 rings (SSSR count). The third-order valence-electron chi connectivity index (χ3n) is 3.19. The van der Waals surface area contributed by atoms with Gasteiger partial charge in [-0.05, 0) is 25.0 Å². The maximum absolute atomic E-state index is 11.8. The van der Waals surface area contributed by atoms with E-state index >= 15 is 0 Å². The summed E-state index contributed by atoms with van der Waals surface area (Å²) in [6, 6.07) is 7.29. The minimum Gasteiger partial charge on any atom is -0.376 e. The Morgan fingerprint density at radius 1 is 1.33 bits per heavy atom. The summed E-state index contributed by atoms with van der Waals surface area (Å²) in [6.45, 7) is 1.14. The topological polar surface area (TPSA) is 38.3 Å². The molecular weight excluding hydrogens is 246 g/mol. The van der Waals surface area contributed by atoms with E-state index in [9.17, 15) is 4.79 Å². The summed E-state index contributed by atoms with van der Waals surface area (Å²) in [7, 11) is 0. The maximum atomic E-state index is 11.8. The van der Waals surface area contributed by atoms with Crippen LogP contribution in [0.2, 0.25) is 0 Å². The predicted octanol–water partition coefficient (Wildman–Crippen LogP) is 2.66. The van der Waals surface area contributed by atoms with Gasteiger partial charge in [0.25, 0.3) is 5.91 Å². The SMILES string of the molecule is O=C(NCCOC1CCCC1)c1ccccc1S. The summed E-state index contributed by atoms with van der Waals surface area (Å²) in [5.41, 5.74) is 0.613. The van der Waals surface area contributed by atoms with Crippen molar-refractivity contribution in [2.75, 3.05) is 13.2 Å². The van der Waals surface area contributed by atoms with Crippen molar-refractivity contribution >= 4 is 18.5 Å². The number of amides is 1. The Balaban J connectivity index is 1.70. The molecule has 0 spiro atoms. The van der Waals surface area contributed by atoms with Crippen molar-refractivity contribution in [3.05, 3.63) is 29.8 Å². The summed E-state index contributed by atoms with van der Waals surface area (Å²) >= 11 is 4.26. The molecule has 1 N–H and O–H groups in total. The first-order valence-electron chi connectivity index (χ1n) is 6.45. The second-order valence-electron chi connectivity index (χ2n) is 4.55. The van der Waals surface area contributed by atoms with E-state index in [1.165, 1.54) is 12.8 Å². The molecule has 3 nitrogen and oxygen atoms in total. The van der Waals surface area contributed by atoms with Gasteiger partial charge in [0.05, 0.1) is 18.3 Å². The van der Waals surface area contributed by atoms with Crippen molar-refractivity contribution in [1.29, 1.82) is 0 Å². The summed E-state index contributed by atoms with van der Waals surface area (Å²) in [5.74, 6) is -0.0874. The Bertz CT molecular complexity index is 403. The fourth-order valence-electron chi connectivity index (χ4n) is 2.21. The number of hydrogen-bond donors (Lipinski definition) is 2. The van der Waals surface area contributed by atoms with E-state index in [1.54, 1.807) is 6.07 Å². The Labute approximate surface area is 113 Å². The largest absolute Gasteiger partial charge is 0.376 e. The van der Waals surface area contributed by atoms with Crippen LogP contribution in [0.4, 0.5) is 0 Å². The van der Waals surface area contributed by atoms with E-state index in [-0.39, 0.29) is 5.91 Å². The van der Waals surface area contributed by atoms with E-state index in [0.717, 1.165) is 12.8 Å².